The second-order valence-corrected chi connectivity index (χ2v) is 8.53. The highest BCUT2D eigenvalue weighted by atomic mass is 16.3. The summed E-state index contributed by atoms with van der Waals surface area (Å²) in [5.74, 6) is -1.01. The molecular weight excluding hydrogens is 380 g/mol. The molecule has 3 N–H and O–H groups in total. The summed E-state index contributed by atoms with van der Waals surface area (Å²) in [6.45, 7) is 3.86. The van der Waals surface area contributed by atoms with Crippen molar-refractivity contribution in [1.29, 1.82) is 0 Å². The first-order valence-electron chi connectivity index (χ1n) is 10.8. The number of phenolic OH excluding ortho intramolecular Hbond substituents is 1. The molecule has 0 amide bonds. The van der Waals surface area contributed by atoms with Crippen molar-refractivity contribution in [2.75, 3.05) is 31.1 Å². The maximum Gasteiger partial charge on any atom is 0.203 e. The van der Waals surface area contributed by atoms with E-state index in [9.17, 15) is 20.1 Å². The SMILES string of the molecule is O=C1C(=C2C=CC(=[N+]3CCCC3)C=C2O)C(O)C1c1ccc(N2CCCC2)cc1O. The zero-order valence-electron chi connectivity index (χ0n) is 16.9. The van der Waals surface area contributed by atoms with Crippen molar-refractivity contribution in [1.82, 2.24) is 0 Å². The maximum absolute atomic E-state index is 12.9. The van der Waals surface area contributed by atoms with E-state index < -0.39 is 12.0 Å². The second kappa shape index (κ2) is 7.43. The van der Waals surface area contributed by atoms with Crippen LogP contribution >= 0.6 is 0 Å². The normalized spacial score (nSPS) is 28.9. The van der Waals surface area contributed by atoms with E-state index in [1.807, 2.05) is 12.1 Å². The summed E-state index contributed by atoms with van der Waals surface area (Å²) >= 11 is 0. The van der Waals surface area contributed by atoms with Gasteiger partial charge in [0.15, 0.2) is 5.78 Å². The molecule has 3 fully saturated rings. The first-order chi connectivity index (χ1) is 14.5. The number of aliphatic hydroxyl groups is 2. The standard InChI is InChI=1S/C24H26N2O4/c27-19-13-15(25-9-1-2-10-25)5-7-17(19)21-23(29)22(24(21)30)18-8-6-16(14-20(18)28)26-11-3-4-12-26/h5-8,13-14,21,23,27,29H,1-4,9-12H2/p+1. The fraction of sp³-hybridized carbons (Fsp3) is 0.417. The number of hydrogen-bond donors (Lipinski definition) is 3. The number of carbonyl (C=O) groups is 1. The van der Waals surface area contributed by atoms with Gasteiger partial charge in [-0.05, 0) is 25.0 Å². The summed E-state index contributed by atoms with van der Waals surface area (Å²) in [6, 6.07) is 5.32. The highest BCUT2D eigenvalue weighted by Crippen LogP contribution is 2.45. The molecule has 1 aromatic rings. The molecule has 5 rings (SSSR count). The summed E-state index contributed by atoms with van der Waals surface area (Å²) < 4.78 is 2.20. The molecule has 2 saturated heterocycles. The maximum atomic E-state index is 12.9. The third kappa shape index (κ3) is 3.06. The Morgan fingerprint density at radius 1 is 1.00 bits per heavy atom. The topological polar surface area (TPSA) is 84.0 Å². The van der Waals surface area contributed by atoms with Crippen LogP contribution in [0.15, 0.2) is 53.3 Å². The van der Waals surface area contributed by atoms with Crippen LogP contribution in [0.2, 0.25) is 0 Å². The van der Waals surface area contributed by atoms with Gasteiger partial charge in [-0.1, -0.05) is 6.07 Å². The van der Waals surface area contributed by atoms with Crippen molar-refractivity contribution in [3.63, 3.8) is 0 Å². The minimum absolute atomic E-state index is 0.00820. The van der Waals surface area contributed by atoms with Gasteiger partial charge in [0.1, 0.15) is 24.6 Å². The van der Waals surface area contributed by atoms with Crippen LogP contribution in [0.1, 0.15) is 37.2 Å². The van der Waals surface area contributed by atoms with Gasteiger partial charge in [-0.15, -0.1) is 0 Å². The Hall–Kier alpha value is -2.86. The number of aliphatic hydroxyl groups excluding tert-OH is 2. The van der Waals surface area contributed by atoms with Gasteiger partial charge in [0, 0.05) is 60.5 Å². The van der Waals surface area contributed by atoms with Crippen molar-refractivity contribution in [3.8, 4) is 5.75 Å². The Balaban J connectivity index is 1.40. The van der Waals surface area contributed by atoms with E-state index in [4.69, 9.17) is 0 Å². The average molecular weight is 407 g/mol. The molecule has 2 heterocycles. The minimum atomic E-state index is -1.05. The van der Waals surface area contributed by atoms with Crippen LogP contribution in [-0.4, -0.2) is 63.7 Å². The summed E-state index contributed by atoms with van der Waals surface area (Å²) in [5.41, 5.74) is 2.90. The van der Waals surface area contributed by atoms with Crippen molar-refractivity contribution < 1.29 is 24.7 Å². The zero-order chi connectivity index (χ0) is 20.8. The van der Waals surface area contributed by atoms with Gasteiger partial charge in [0.2, 0.25) is 5.71 Å². The van der Waals surface area contributed by atoms with Gasteiger partial charge in [-0.3, -0.25) is 4.79 Å². The molecule has 6 nitrogen and oxygen atoms in total. The number of allylic oxidation sites excluding steroid dienone is 3. The third-order valence-electron chi connectivity index (χ3n) is 6.72. The summed E-state index contributed by atoms with van der Waals surface area (Å²) in [5, 5.41) is 31.8. The monoisotopic (exact) mass is 407 g/mol. The van der Waals surface area contributed by atoms with Crippen LogP contribution in [0.25, 0.3) is 0 Å². The Morgan fingerprint density at radius 3 is 2.37 bits per heavy atom. The first kappa shape index (κ1) is 19.1. The molecule has 2 aliphatic heterocycles. The number of nitrogens with zero attached hydrogens (tertiary/aromatic N) is 2. The number of rotatable bonds is 2. The molecule has 0 spiro atoms. The van der Waals surface area contributed by atoms with Crippen LogP contribution in [0, 0.1) is 0 Å². The highest BCUT2D eigenvalue weighted by Gasteiger charge is 2.48. The lowest BCUT2D eigenvalue weighted by molar-refractivity contribution is -0.504. The molecule has 1 saturated carbocycles. The molecule has 156 valence electrons. The number of phenols is 1. The van der Waals surface area contributed by atoms with Crippen molar-refractivity contribution in [2.45, 2.75) is 37.7 Å². The molecule has 1 aromatic carbocycles. The van der Waals surface area contributed by atoms with Crippen LogP contribution in [-0.2, 0) is 4.79 Å². The molecule has 0 aromatic heterocycles. The largest absolute Gasteiger partial charge is 0.508 e. The first-order valence-corrected chi connectivity index (χ1v) is 10.8. The lowest BCUT2D eigenvalue weighted by Crippen LogP contribution is -2.44. The van der Waals surface area contributed by atoms with Crippen LogP contribution in [0.4, 0.5) is 5.69 Å². The van der Waals surface area contributed by atoms with Gasteiger partial charge >= 0.3 is 0 Å². The van der Waals surface area contributed by atoms with E-state index in [1.165, 1.54) is 0 Å². The fourth-order valence-corrected chi connectivity index (χ4v) is 5.02. The number of hydrogen-bond acceptors (Lipinski definition) is 5. The number of Topliss-reactive ketones (excluding diaryl/α,β-unsaturated/α-hetero) is 1. The summed E-state index contributed by atoms with van der Waals surface area (Å²) in [4.78, 5) is 15.1. The van der Waals surface area contributed by atoms with E-state index in [0.717, 1.165) is 63.3 Å². The number of benzene rings is 1. The molecule has 2 unspecified atom stereocenters. The summed E-state index contributed by atoms with van der Waals surface area (Å²) in [6.07, 6.45) is 8.78. The smallest absolute Gasteiger partial charge is 0.203 e. The van der Waals surface area contributed by atoms with E-state index in [1.54, 1.807) is 24.3 Å². The lowest BCUT2D eigenvalue weighted by atomic mass is 9.69. The molecule has 2 aliphatic carbocycles. The number of carbonyl (C=O) groups excluding carboxylic acids is 1. The molecule has 6 heteroatoms. The number of ketones is 1. The van der Waals surface area contributed by atoms with Crippen LogP contribution in [0.3, 0.4) is 0 Å². The number of anilines is 1. The Kier molecular flexibility index (Phi) is 4.74. The van der Waals surface area contributed by atoms with Crippen LogP contribution < -0.4 is 4.90 Å². The molecule has 0 radical (unpaired) electrons. The summed E-state index contributed by atoms with van der Waals surface area (Å²) in [7, 11) is 0. The average Bonchev–Trinajstić information content (AvgIpc) is 3.45. The Labute approximate surface area is 175 Å². The highest BCUT2D eigenvalue weighted by molar-refractivity contribution is 6.12. The Bertz CT molecular complexity index is 1020. The zero-order valence-corrected chi connectivity index (χ0v) is 16.9. The van der Waals surface area contributed by atoms with Crippen molar-refractivity contribution in [3.05, 3.63) is 58.9 Å². The molecule has 2 atom stereocenters. The Morgan fingerprint density at radius 2 is 1.73 bits per heavy atom. The van der Waals surface area contributed by atoms with Gasteiger partial charge in [0.05, 0.1) is 18.1 Å². The predicted molar refractivity (Wildman–Crippen MR) is 114 cm³/mol. The van der Waals surface area contributed by atoms with Crippen LogP contribution in [0.5, 0.6) is 5.75 Å². The number of aromatic hydroxyl groups is 1. The quantitative estimate of drug-likeness (QED) is 0.518. The second-order valence-electron chi connectivity index (χ2n) is 8.53. The fourth-order valence-electron chi connectivity index (χ4n) is 5.02. The van der Waals surface area contributed by atoms with Crippen molar-refractivity contribution in [2.24, 2.45) is 0 Å². The van der Waals surface area contributed by atoms with E-state index in [0.29, 0.717) is 11.1 Å². The molecule has 4 aliphatic rings. The molecule has 30 heavy (non-hydrogen) atoms. The van der Waals surface area contributed by atoms with Gasteiger partial charge < -0.3 is 20.2 Å². The van der Waals surface area contributed by atoms with E-state index in [2.05, 4.69) is 9.48 Å². The predicted octanol–water partition coefficient (Wildman–Crippen LogP) is 2.58. The lowest BCUT2D eigenvalue weighted by Gasteiger charge is -2.36. The minimum Gasteiger partial charge on any atom is -0.508 e. The third-order valence-corrected chi connectivity index (χ3v) is 6.72. The van der Waals surface area contributed by atoms with Gasteiger partial charge in [-0.25, -0.2) is 4.58 Å². The van der Waals surface area contributed by atoms with E-state index in [-0.39, 0.29) is 22.9 Å². The van der Waals surface area contributed by atoms with E-state index >= 15 is 0 Å². The van der Waals surface area contributed by atoms with Gasteiger partial charge in [-0.2, -0.15) is 0 Å². The molecular formula is C24H27N2O4+. The van der Waals surface area contributed by atoms with Crippen molar-refractivity contribution >= 4 is 17.2 Å². The molecule has 0 bridgehead atoms. The van der Waals surface area contributed by atoms with Gasteiger partial charge in [0.25, 0.3) is 0 Å².